The minimum atomic E-state index is -0.133. The van der Waals surface area contributed by atoms with Gasteiger partial charge in [-0.15, -0.1) is 11.3 Å². The molecule has 3 aromatic heterocycles. The second-order valence-corrected chi connectivity index (χ2v) is 7.06. The lowest BCUT2D eigenvalue weighted by Gasteiger charge is -2.07. The number of allylic oxidation sites excluding steroid dienone is 5. The molecule has 3 rings (SSSR count). The molecule has 26 heavy (non-hydrogen) atoms. The summed E-state index contributed by atoms with van der Waals surface area (Å²) in [5.41, 5.74) is 2.22. The molecule has 0 unspecified atom stereocenters. The number of nitrogens with zero attached hydrogens (tertiary/aromatic N) is 4. The smallest absolute Gasteiger partial charge is 0.291 e. The molecule has 0 atom stereocenters. The first kappa shape index (κ1) is 18.1. The molecule has 0 spiro atoms. The van der Waals surface area contributed by atoms with Gasteiger partial charge in [0.1, 0.15) is 5.52 Å². The molecule has 6 nitrogen and oxygen atoms in total. The normalized spacial score (nSPS) is 12.9. The van der Waals surface area contributed by atoms with E-state index in [9.17, 15) is 4.79 Å². The van der Waals surface area contributed by atoms with Gasteiger partial charge in [-0.2, -0.15) is 5.10 Å². The Kier molecular flexibility index (Phi) is 5.08. The fourth-order valence-corrected chi connectivity index (χ4v) is 3.93. The number of aryl methyl sites for hydroxylation is 2. The summed E-state index contributed by atoms with van der Waals surface area (Å²) in [4.78, 5) is 17.7. The van der Waals surface area contributed by atoms with Gasteiger partial charge in [-0.3, -0.25) is 4.79 Å². The molecule has 0 fully saturated rings. The molecule has 0 N–H and O–H groups in total. The van der Waals surface area contributed by atoms with Crippen molar-refractivity contribution in [3.63, 3.8) is 0 Å². The van der Waals surface area contributed by atoms with Crippen LogP contribution in [0.2, 0.25) is 0 Å². The number of aromatic nitrogens is 4. The number of methoxy groups -OCH3 is 1. The van der Waals surface area contributed by atoms with Gasteiger partial charge in [-0.25, -0.2) is 9.67 Å². The summed E-state index contributed by atoms with van der Waals surface area (Å²) in [6.07, 6.45) is 8.05. The molecular weight excluding hydrogens is 348 g/mol. The van der Waals surface area contributed by atoms with E-state index in [0.29, 0.717) is 12.1 Å². The van der Waals surface area contributed by atoms with Gasteiger partial charge in [0, 0.05) is 12.4 Å². The molecule has 0 amide bonds. The molecule has 0 aliphatic heterocycles. The third kappa shape index (κ3) is 3.10. The minimum Gasteiger partial charge on any atom is -0.501 e. The number of ether oxygens (including phenoxy) is 1. The van der Waals surface area contributed by atoms with Gasteiger partial charge in [0.25, 0.3) is 5.56 Å². The molecule has 3 heterocycles. The average molecular weight is 370 g/mol. The van der Waals surface area contributed by atoms with Crippen molar-refractivity contribution in [1.29, 1.82) is 0 Å². The van der Waals surface area contributed by atoms with E-state index in [-0.39, 0.29) is 5.56 Å². The van der Waals surface area contributed by atoms with Gasteiger partial charge < -0.3 is 9.30 Å². The molecule has 0 aliphatic carbocycles. The maximum Gasteiger partial charge on any atom is 0.291 e. The first-order chi connectivity index (χ1) is 12.5. The lowest BCUT2D eigenvalue weighted by atomic mass is 10.2. The van der Waals surface area contributed by atoms with Crippen LogP contribution in [0.1, 0.15) is 18.9 Å². The van der Waals surface area contributed by atoms with Gasteiger partial charge in [-0.1, -0.05) is 25.7 Å². The van der Waals surface area contributed by atoms with Gasteiger partial charge in [0.2, 0.25) is 0 Å². The Morgan fingerprint density at radius 1 is 1.46 bits per heavy atom. The third-order valence-corrected chi connectivity index (χ3v) is 5.47. The lowest BCUT2D eigenvalue weighted by Crippen LogP contribution is -2.24. The van der Waals surface area contributed by atoms with Crippen LogP contribution in [-0.2, 0) is 24.8 Å². The molecule has 0 saturated heterocycles. The summed E-state index contributed by atoms with van der Waals surface area (Å²) in [6, 6.07) is 0. The van der Waals surface area contributed by atoms with Crippen LogP contribution in [0.5, 0.6) is 0 Å². The highest BCUT2D eigenvalue weighted by Gasteiger charge is 2.17. The van der Waals surface area contributed by atoms with Crippen molar-refractivity contribution in [2.24, 2.45) is 7.05 Å². The molecule has 0 aromatic carbocycles. The lowest BCUT2D eigenvalue weighted by molar-refractivity contribution is 0.293. The summed E-state index contributed by atoms with van der Waals surface area (Å²) in [7, 11) is 3.49. The number of rotatable bonds is 6. The van der Waals surface area contributed by atoms with Crippen LogP contribution >= 0.6 is 11.3 Å². The van der Waals surface area contributed by atoms with Crippen LogP contribution in [0.3, 0.4) is 0 Å². The maximum absolute atomic E-state index is 13.0. The number of hydrogen-bond acceptors (Lipinski definition) is 5. The number of hydrogen-bond donors (Lipinski definition) is 0. The maximum atomic E-state index is 13.0. The largest absolute Gasteiger partial charge is 0.501 e. The first-order valence-electron chi connectivity index (χ1n) is 8.37. The summed E-state index contributed by atoms with van der Waals surface area (Å²) >= 11 is 1.62. The highest BCUT2D eigenvalue weighted by Crippen LogP contribution is 2.30. The fraction of sp³-hybridized carbons (Fsp3) is 0.316. The molecule has 0 aliphatic rings. The van der Waals surface area contributed by atoms with E-state index in [2.05, 4.69) is 23.6 Å². The molecule has 7 heteroatoms. The van der Waals surface area contributed by atoms with E-state index < -0.39 is 0 Å². The van der Waals surface area contributed by atoms with Crippen molar-refractivity contribution in [3.05, 3.63) is 57.7 Å². The Morgan fingerprint density at radius 2 is 2.23 bits per heavy atom. The van der Waals surface area contributed by atoms with Crippen molar-refractivity contribution in [1.82, 2.24) is 19.3 Å². The zero-order valence-corrected chi connectivity index (χ0v) is 16.3. The van der Waals surface area contributed by atoms with E-state index in [1.165, 1.54) is 4.68 Å². The number of fused-ring (bicyclic) bond motifs is 3. The summed E-state index contributed by atoms with van der Waals surface area (Å²) in [6.45, 7) is 8.01. The van der Waals surface area contributed by atoms with Crippen molar-refractivity contribution in [2.75, 3.05) is 7.11 Å². The highest BCUT2D eigenvalue weighted by atomic mass is 32.1. The summed E-state index contributed by atoms with van der Waals surface area (Å²) < 4.78 is 9.55. The van der Waals surface area contributed by atoms with Crippen molar-refractivity contribution in [3.8, 4) is 0 Å². The molecule has 0 bridgehead atoms. The zero-order chi connectivity index (χ0) is 18.8. The van der Waals surface area contributed by atoms with E-state index in [0.717, 1.165) is 38.5 Å². The quantitative estimate of drug-likeness (QED) is 0.492. The molecule has 136 valence electrons. The van der Waals surface area contributed by atoms with Crippen LogP contribution in [0.25, 0.3) is 21.3 Å². The Morgan fingerprint density at radius 3 is 2.88 bits per heavy atom. The second-order valence-electron chi connectivity index (χ2n) is 5.98. The fourth-order valence-electron chi connectivity index (χ4n) is 2.89. The number of thiazole rings is 1. The van der Waals surface area contributed by atoms with Crippen molar-refractivity contribution < 1.29 is 4.74 Å². The Balaban J connectivity index is 2.12. The van der Waals surface area contributed by atoms with Crippen LogP contribution in [0, 0.1) is 0 Å². The first-order valence-corrected chi connectivity index (χ1v) is 9.19. The van der Waals surface area contributed by atoms with E-state index in [1.54, 1.807) is 30.7 Å². The average Bonchev–Trinajstić information content (AvgIpc) is 3.16. The second kappa shape index (κ2) is 7.29. The zero-order valence-electron chi connectivity index (χ0n) is 15.4. The molecular formula is C19H22N4O2S. The van der Waals surface area contributed by atoms with Crippen LogP contribution < -0.4 is 5.56 Å². The minimum absolute atomic E-state index is 0.133. The monoisotopic (exact) mass is 370 g/mol. The predicted octanol–water partition coefficient (Wildman–Crippen LogP) is 3.57. The molecule has 0 saturated carbocycles. The molecule has 0 radical (unpaired) electrons. The standard InChI is InChI=1S/C19H22N4O2S/c1-6-8-13(9-12(3)25-5)11-23-19(24)16-14(10-20-23)17-18(22(16)4)21-15(7-2)26-17/h6,8-10H,1,7,11H2,2-5H3/b12-9+,13-8+. The third-order valence-electron chi connectivity index (χ3n) is 4.25. The van der Waals surface area contributed by atoms with Crippen LogP contribution in [-0.4, -0.2) is 26.4 Å². The van der Waals surface area contributed by atoms with Gasteiger partial charge in [-0.05, 0) is 25.0 Å². The Bertz CT molecular complexity index is 1100. The summed E-state index contributed by atoms with van der Waals surface area (Å²) in [5.74, 6) is 0.753. The summed E-state index contributed by atoms with van der Waals surface area (Å²) in [5, 5.41) is 6.31. The van der Waals surface area contributed by atoms with Crippen LogP contribution in [0.15, 0.2) is 47.1 Å². The van der Waals surface area contributed by atoms with Gasteiger partial charge >= 0.3 is 0 Å². The highest BCUT2D eigenvalue weighted by molar-refractivity contribution is 7.19. The Hall–Kier alpha value is -2.67. The van der Waals surface area contributed by atoms with Crippen molar-refractivity contribution in [2.45, 2.75) is 26.8 Å². The van der Waals surface area contributed by atoms with Gasteiger partial charge in [0.05, 0.1) is 35.3 Å². The van der Waals surface area contributed by atoms with Crippen molar-refractivity contribution >= 4 is 32.6 Å². The van der Waals surface area contributed by atoms with E-state index >= 15 is 0 Å². The molecule has 3 aromatic rings. The predicted molar refractivity (Wildman–Crippen MR) is 107 cm³/mol. The van der Waals surface area contributed by atoms with Gasteiger partial charge in [0.15, 0.2) is 5.65 Å². The van der Waals surface area contributed by atoms with E-state index in [1.807, 2.05) is 30.7 Å². The SMILES string of the molecule is C=C/C=C(\C=C(/C)OC)Cn1ncc2c3sc(CC)nc3n(C)c2c1=O. The van der Waals surface area contributed by atoms with Crippen LogP contribution in [0.4, 0.5) is 0 Å². The van der Waals surface area contributed by atoms with E-state index in [4.69, 9.17) is 4.74 Å². The Labute approximate surface area is 155 Å². The topological polar surface area (TPSA) is 61.9 Å².